The van der Waals surface area contributed by atoms with Crippen LogP contribution in [0, 0.1) is 11.3 Å². The molecule has 0 bridgehead atoms. The fourth-order valence-electron chi connectivity index (χ4n) is 1.82. The maximum atomic E-state index is 11.7. The minimum atomic E-state index is -0.167. The molecule has 1 aliphatic rings. The van der Waals surface area contributed by atoms with Crippen LogP contribution in [0.4, 0.5) is 5.69 Å². The number of nitrogens with zero attached hydrogens (tertiary/aromatic N) is 2. The van der Waals surface area contributed by atoms with Crippen LogP contribution in [-0.4, -0.2) is 19.1 Å². The third-order valence-corrected chi connectivity index (χ3v) is 2.82. The molecule has 0 spiro atoms. The second-order valence-electron chi connectivity index (χ2n) is 4.31. The first-order valence-electron chi connectivity index (χ1n) is 5.57. The first-order chi connectivity index (χ1) is 8.13. The van der Waals surface area contributed by atoms with Gasteiger partial charge >= 0.3 is 0 Å². The second kappa shape index (κ2) is 4.46. The number of anilines is 1. The van der Waals surface area contributed by atoms with E-state index >= 15 is 0 Å². The number of nitriles is 1. The number of hydrogen-bond acceptors (Lipinski definition) is 3. The van der Waals surface area contributed by atoms with Crippen molar-refractivity contribution >= 4 is 11.6 Å². The molecule has 0 aliphatic carbocycles. The van der Waals surface area contributed by atoms with Crippen LogP contribution in [0.1, 0.15) is 25.3 Å². The Bertz CT molecular complexity index is 489. The zero-order valence-electron chi connectivity index (χ0n) is 9.93. The summed E-state index contributed by atoms with van der Waals surface area (Å²) in [5, 5.41) is 8.76. The molecule has 0 unspecified atom stereocenters. The molecule has 0 fully saturated rings. The minimum Gasteiger partial charge on any atom is -0.482 e. The van der Waals surface area contributed by atoms with Crippen LogP contribution in [0.2, 0.25) is 0 Å². The van der Waals surface area contributed by atoms with Gasteiger partial charge in [-0.05, 0) is 23.6 Å². The Balaban J connectivity index is 2.45. The summed E-state index contributed by atoms with van der Waals surface area (Å²) in [6, 6.07) is 7.78. The molecular weight excluding hydrogens is 216 g/mol. The quantitative estimate of drug-likeness (QED) is 0.731. The molecular formula is C13H14N2O2. The molecule has 88 valence electrons. The SMILES string of the molecule is CC(C)c1ccc2c(c1)N(CC#N)C(=O)CO2. The predicted octanol–water partition coefficient (Wildman–Crippen LogP) is 2.06. The zero-order valence-corrected chi connectivity index (χ0v) is 9.93. The highest BCUT2D eigenvalue weighted by Gasteiger charge is 2.25. The van der Waals surface area contributed by atoms with E-state index < -0.39 is 0 Å². The Morgan fingerprint density at radius 3 is 2.94 bits per heavy atom. The molecule has 0 aromatic heterocycles. The number of carbonyl (C=O) groups is 1. The van der Waals surface area contributed by atoms with Gasteiger partial charge in [0.25, 0.3) is 5.91 Å². The van der Waals surface area contributed by atoms with Crippen molar-refractivity contribution in [3.63, 3.8) is 0 Å². The summed E-state index contributed by atoms with van der Waals surface area (Å²) in [7, 11) is 0. The molecule has 1 aromatic rings. The smallest absolute Gasteiger partial charge is 0.265 e. The first kappa shape index (κ1) is 11.5. The van der Waals surface area contributed by atoms with Crippen LogP contribution in [0.5, 0.6) is 5.75 Å². The lowest BCUT2D eigenvalue weighted by Gasteiger charge is -2.28. The molecule has 4 heteroatoms. The van der Waals surface area contributed by atoms with Crippen LogP contribution >= 0.6 is 0 Å². The number of ether oxygens (including phenoxy) is 1. The van der Waals surface area contributed by atoms with E-state index in [4.69, 9.17) is 10.00 Å². The van der Waals surface area contributed by atoms with Gasteiger partial charge in [-0.25, -0.2) is 0 Å². The lowest BCUT2D eigenvalue weighted by atomic mass is 10.0. The Morgan fingerprint density at radius 2 is 2.29 bits per heavy atom. The Kier molecular flexibility index (Phi) is 3.01. The van der Waals surface area contributed by atoms with E-state index in [2.05, 4.69) is 13.8 Å². The Morgan fingerprint density at radius 1 is 1.53 bits per heavy atom. The van der Waals surface area contributed by atoms with Gasteiger partial charge in [0.1, 0.15) is 12.3 Å². The first-order valence-corrected chi connectivity index (χ1v) is 5.57. The van der Waals surface area contributed by atoms with Gasteiger partial charge in [-0.3, -0.25) is 9.69 Å². The molecule has 2 rings (SSSR count). The van der Waals surface area contributed by atoms with Crippen molar-refractivity contribution in [3.8, 4) is 11.8 Å². The fourth-order valence-corrected chi connectivity index (χ4v) is 1.82. The molecule has 1 aliphatic heterocycles. The molecule has 1 aromatic carbocycles. The van der Waals surface area contributed by atoms with Gasteiger partial charge < -0.3 is 4.74 Å². The topological polar surface area (TPSA) is 53.3 Å². The summed E-state index contributed by atoms with van der Waals surface area (Å²) in [5.74, 6) is 0.880. The van der Waals surface area contributed by atoms with Crippen LogP contribution in [0.3, 0.4) is 0 Å². The van der Waals surface area contributed by atoms with Gasteiger partial charge in [0.2, 0.25) is 0 Å². The van der Waals surface area contributed by atoms with E-state index in [1.54, 1.807) is 0 Å². The van der Waals surface area contributed by atoms with Crippen molar-refractivity contribution in [1.82, 2.24) is 0 Å². The molecule has 1 heterocycles. The summed E-state index contributed by atoms with van der Waals surface area (Å²) in [6.45, 7) is 4.25. The average Bonchev–Trinajstić information content (AvgIpc) is 2.32. The summed E-state index contributed by atoms with van der Waals surface area (Å²) < 4.78 is 5.35. The van der Waals surface area contributed by atoms with E-state index in [1.165, 1.54) is 4.90 Å². The summed E-state index contributed by atoms with van der Waals surface area (Å²) in [6.07, 6.45) is 0. The third kappa shape index (κ3) is 2.09. The number of rotatable bonds is 2. The highest BCUT2D eigenvalue weighted by Crippen LogP contribution is 2.34. The van der Waals surface area contributed by atoms with Crippen LogP contribution in [-0.2, 0) is 4.79 Å². The lowest BCUT2D eigenvalue weighted by Crippen LogP contribution is -2.39. The number of benzene rings is 1. The molecule has 0 N–H and O–H groups in total. The largest absolute Gasteiger partial charge is 0.482 e. The minimum absolute atomic E-state index is 0.00963. The van der Waals surface area contributed by atoms with E-state index in [0.29, 0.717) is 17.4 Å². The van der Waals surface area contributed by atoms with Gasteiger partial charge in [-0.1, -0.05) is 19.9 Å². The molecule has 17 heavy (non-hydrogen) atoms. The fraction of sp³-hybridized carbons (Fsp3) is 0.385. The Labute approximate surface area is 100 Å². The normalized spacial score (nSPS) is 14.2. The van der Waals surface area contributed by atoms with Crippen molar-refractivity contribution in [2.75, 3.05) is 18.1 Å². The number of amides is 1. The summed E-state index contributed by atoms with van der Waals surface area (Å²) in [4.78, 5) is 13.2. The van der Waals surface area contributed by atoms with E-state index in [1.807, 2.05) is 24.3 Å². The van der Waals surface area contributed by atoms with Gasteiger partial charge in [-0.2, -0.15) is 5.26 Å². The van der Waals surface area contributed by atoms with Gasteiger partial charge in [0.05, 0.1) is 11.8 Å². The number of fused-ring (bicyclic) bond motifs is 1. The number of hydrogen-bond donors (Lipinski definition) is 0. The molecule has 0 saturated heterocycles. The van der Waals surface area contributed by atoms with Crippen LogP contribution in [0.25, 0.3) is 0 Å². The Hall–Kier alpha value is -2.02. The zero-order chi connectivity index (χ0) is 12.4. The maximum absolute atomic E-state index is 11.7. The van der Waals surface area contributed by atoms with E-state index in [0.717, 1.165) is 5.56 Å². The van der Waals surface area contributed by atoms with Crippen molar-refractivity contribution in [1.29, 1.82) is 5.26 Å². The van der Waals surface area contributed by atoms with Gasteiger partial charge in [0.15, 0.2) is 6.61 Å². The average molecular weight is 230 g/mol. The van der Waals surface area contributed by atoms with Gasteiger partial charge in [0, 0.05) is 0 Å². The number of carbonyl (C=O) groups excluding carboxylic acids is 1. The maximum Gasteiger partial charge on any atom is 0.265 e. The van der Waals surface area contributed by atoms with Crippen molar-refractivity contribution in [2.24, 2.45) is 0 Å². The van der Waals surface area contributed by atoms with Crippen LogP contribution in [0.15, 0.2) is 18.2 Å². The third-order valence-electron chi connectivity index (χ3n) is 2.82. The lowest BCUT2D eigenvalue weighted by molar-refractivity contribution is -0.121. The molecule has 1 amide bonds. The monoisotopic (exact) mass is 230 g/mol. The van der Waals surface area contributed by atoms with E-state index in [9.17, 15) is 4.79 Å². The molecule has 0 radical (unpaired) electrons. The standard InChI is InChI=1S/C13H14N2O2/c1-9(2)10-3-4-12-11(7-10)15(6-5-14)13(16)8-17-12/h3-4,7,9H,6,8H2,1-2H3. The molecule has 0 saturated carbocycles. The predicted molar refractivity (Wildman–Crippen MR) is 64.0 cm³/mol. The molecule has 0 atom stereocenters. The van der Waals surface area contributed by atoms with Crippen molar-refractivity contribution in [2.45, 2.75) is 19.8 Å². The highest BCUT2D eigenvalue weighted by atomic mass is 16.5. The second-order valence-corrected chi connectivity index (χ2v) is 4.31. The van der Waals surface area contributed by atoms with Crippen molar-refractivity contribution in [3.05, 3.63) is 23.8 Å². The van der Waals surface area contributed by atoms with Gasteiger partial charge in [-0.15, -0.1) is 0 Å². The summed E-state index contributed by atoms with van der Waals surface area (Å²) in [5.41, 5.74) is 1.83. The van der Waals surface area contributed by atoms with Crippen LogP contribution < -0.4 is 9.64 Å². The van der Waals surface area contributed by atoms with Crippen molar-refractivity contribution < 1.29 is 9.53 Å². The van der Waals surface area contributed by atoms with E-state index in [-0.39, 0.29) is 19.1 Å². The molecule has 4 nitrogen and oxygen atoms in total. The summed E-state index contributed by atoms with van der Waals surface area (Å²) >= 11 is 0. The highest BCUT2D eigenvalue weighted by molar-refractivity contribution is 5.98.